The zero-order valence-electron chi connectivity index (χ0n) is 19.0. The molecule has 0 radical (unpaired) electrons. The maximum Gasteiger partial charge on any atom is 0.309 e. The summed E-state index contributed by atoms with van der Waals surface area (Å²) in [5.41, 5.74) is 1.77. The molecule has 6 nitrogen and oxygen atoms in total. The van der Waals surface area contributed by atoms with Gasteiger partial charge in [0.05, 0.1) is 12.5 Å². The SMILES string of the molecule is CCOC(=O)C1CCN(C(=O)C2CC(S)CN2C(=O)c2ccc(C(C)(C)C)cc2)CC1. The second-order valence-electron chi connectivity index (χ2n) is 9.54. The van der Waals surface area contributed by atoms with Crippen molar-refractivity contribution in [2.45, 2.75) is 63.7 Å². The quantitative estimate of drug-likeness (QED) is 0.569. The van der Waals surface area contributed by atoms with Gasteiger partial charge < -0.3 is 14.5 Å². The van der Waals surface area contributed by atoms with E-state index >= 15 is 0 Å². The molecule has 0 saturated carbocycles. The summed E-state index contributed by atoms with van der Waals surface area (Å²) in [6.45, 7) is 10.1. The topological polar surface area (TPSA) is 66.9 Å². The number of hydrogen-bond donors (Lipinski definition) is 1. The smallest absolute Gasteiger partial charge is 0.309 e. The van der Waals surface area contributed by atoms with E-state index in [-0.39, 0.29) is 34.4 Å². The molecule has 0 spiro atoms. The monoisotopic (exact) mass is 446 g/mol. The molecule has 2 saturated heterocycles. The Kier molecular flexibility index (Phi) is 7.35. The molecule has 1 aromatic carbocycles. The molecule has 0 bridgehead atoms. The molecule has 2 fully saturated rings. The van der Waals surface area contributed by atoms with Gasteiger partial charge in [-0.15, -0.1) is 0 Å². The summed E-state index contributed by atoms with van der Waals surface area (Å²) in [6.07, 6.45) is 1.75. The number of rotatable bonds is 4. The standard InChI is InChI=1S/C24H34N2O4S/c1-5-30-23(29)17-10-12-25(13-11-17)22(28)20-14-19(31)15-26(20)21(27)16-6-8-18(9-7-16)24(2,3)4/h6-9,17,19-20,31H,5,10-15H2,1-4H3. The number of hydrogen-bond acceptors (Lipinski definition) is 5. The van der Waals surface area contributed by atoms with Crippen LogP contribution in [0.15, 0.2) is 24.3 Å². The lowest BCUT2D eigenvalue weighted by Gasteiger charge is -2.34. The minimum Gasteiger partial charge on any atom is -0.466 e. The van der Waals surface area contributed by atoms with Crippen molar-refractivity contribution in [1.29, 1.82) is 0 Å². The highest BCUT2D eigenvalue weighted by Gasteiger charge is 2.41. The van der Waals surface area contributed by atoms with Crippen LogP contribution in [0, 0.1) is 5.92 Å². The van der Waals surface area contributed by atoms with Crippen molar-refractivity contribution in [3.8, 4) is 0 Å². The molecule has 0 aromatic heterocycles. The predicted octanol–water partition coefficient (Wildman–Crippen LogP) is 3.30. The lowest BCUT2D eigenvalue weighted by atomic mass is 9.86. The minimum atomic E-state index is -0.503. The van der Waals surface area contributed by atoms with Crippen LogP contribution in [0.3, 0.4) is 0 Å². The Labute approximate surface area is 190 Å². The molecule has 1 aromatic rings. The summed E-state index contributed by atoms with van der Waals surface area (Å²) in [7, 11) is 0. The van der Waals surface area contributed by atoms with Gasteiger partial charge in [0.1, 0.15) is 6.04 Å². The molecular formula is C24H34N2O4S. The highest BCUT2D eigenvalue weighted by Crippen LogP contribution is 2.29. The van der Waals surface area contributed by atoms with Gasteiger partial charge in [-0.2, -0.15) is 12.6 Å². The molecule has 2 amide bonds. The third-order valence-corrected chi connectivity index (χ3v) is 6.62. The van der Waals surface area contributed by atoms with Gasteiger partial charge in [0, 0.05) is 30.4 Å². The number of carbonyl (C=O) groups is 3. The first-order valence-electron chi connectivity index (χ1n) is 11.2. The number of nitrogens with zero attached hydrogens (tertiary/aromatic N) is 2. The van der Waals surface area contributed by atoms with E-state index in [1.54, 1.807) is 16.7 Å². The molecule has 2 unspecified atom stereocenters. The summed E-state index contributed by atoms with van der Waals surface area (Å²) >= 11 is 4.57. The van der Waals surface area contributed by atoms with Gasteiger partial charge in [-0.1, -0.05) is 32.9 Å². The molecule has 0 aliphatic carbocycles. The van der Waals surface area contributed by atoms with Crippen LogP contribution < -0.4 is 0 Å². The molecule has 3 rings (SSSR count). The van der Waals surface area contributed by atoms with Crippen molar-refractivity contribution in [1.82, 2.24) is 9.80 Å². The molecule has 31 heavy (non-hydrogen) atoms. The highest BCUT2D eigenvalue weighted by molar-refractivity contribution is 7.81. The number of likely N-dealkylation sites (tertiary alicyclic amines) is 2. The third kappa shape index (κ3) is 5.43. The summed E-state index contributed by atoms with van der Waals surface area (Å²) in [5, 5.41) is -0.0242. The second-order valence-corrected chi connectivity index (χ2v) is 10.3. The zero-order valence-corrected chi connectivity index (χ0v) is 19.9. The Morgan fingerprint density at radius 1 is 1.10 bits per heavy atom. The molecule has 2 aliphatic heterocycles. The number of amides is 2. The number of ether oxygens (including phenoxy) is 1. The predicted molar refractivity (Wildman–Crippen MR) is 123 cm³/mol. The molecule has 0 N–H and O–H groups in total. The van der Waals surface area contributed by atoms with Crippen molar-refractivity contribution in [3.63, 3.8) is 0 Å². The fourth-order valence-corrected chi connectivity index (χ4v) is 4.73. The van der Waals surface area contributed by atoms with Gasteiger partial charge in [-0.3, -0.25) is 14.4 Å². The molecular weight excluding hydrogens is 412 g/mol. The van der Waals surface area contributed by atoms with Crippen LogP contribution in [0.1, 0.15) is 62.9 Å². The first-order valence-corrected chi connectivity index (χ1v) is 11.7. The number of benzene rings is 1. The molecule has 2 atom stereocenters. The van der Waals surface area contributed by atoms with Gasteiger partial charge in [-0.05, 0) is 49.3 Å². The Morgan fingerprint density at radius 2 is 1.71 bits per heavy atom. The van der Waals surface area contributed by atoms with E-state index < -0.39 is 6.04 Å². The van der Waals surface area contributed by atoms with Gasteiger partial charge in [0.25, 0.3) is 5.91 Å². The summed E-state index contributed by atoms with van der Waals surface area (Å²) in [4.78, 5) is 41.9. The lowest BCUT2D eigenvalue weighted by molar-refractivity contribution is -0.151. The van der Waals surface area contributed by atoms with E-state index in [9.17, 15) is 14.4 Å². The summed E-state index contributed by atoms with van der Waals surface area (Å²) in [5.74, 6) is -0.499. The highest BCUT2D eigenvalue weighted by atomic mass is 32.1. The third-order valence-electron chi connectivity index (χ3n) is 6.25. The van der Waals surface area contributed by atoms with E-state index in [4.69, 9.17) is 4.74 Å². The van der Waals surface area contributed by atoms with Crippen LogP contribution in [-0.4, -0.2) is 65.1 Å². The number of carbonyl (C=O) groups excluding carboxylic acids is 3. The van der Waals surface area contributed by atoms with Crippen LogP contribution >= 0.6 is 12.6 Å². The lowest BCUT2D eigenvalue weighted by Crippen LogP contribution is -2.50. The number of piperidine rings is 1. The van der Waals surface area contributed by atoms with Gasteiger partial charge in [-0.25, -0.2) is 0 Å². The Bertz CT molecular complexity index is 810. The average Bonchev–Trinajstić information content (AvgIpc) is 3.14. The van der Waals surface area contributed by atoms with Crippen molar-refractivity contribution in [2.75, 3.05) is 26.2 Å². The van der Waals surface area contributed by atoms with E-state index in [2.05, 4.69) is 33.4 Å². The summed E-state index contributed by atoms with van der Waals surface area (Å²) in [6, 6.07) is 7.16. The molecule has 2 aliphatic rings. The first kappa shape index (κ1) is 23.6. The van der Waals surface area contributed by atoms with E-state index in [1.165, 1.54) is 0 Å². The second kappa shape index (κ2) is 9.63. The summed E-state index contributed by atoms with van der Waals surface area (Å²) < 4.78 is 5.11. The van der Waals surface area contributed by atoms with E-state index in [0.717, 1.165) is 5.56 Å². The largest absolute Gasteiger partial charge is 0.466 e. The fourth-order valence-electron chi connectivity index (χ4n) is 4.36. The van der Waals surface area contributed by atoms with E-state index in [1.807, 2.05) is 24.3 Å². The van der Waals surface area contributed by atoms with Crippen LogP contribution in [0.4, 0.5) is 0 Å². The maximum absolute atomic E-state index is 13.3. The van der Waals surface area contributed by atoms with Crippen LogP contribution in [0.5, 0.6) is 0 Å². The van der Waals surface area contributed by atoms with Crippen LogP contribution in [0.25, 0.3) is 0 Å². The number of esters is 1. The van der Waals surface area contributed by atoms with Crippen molar-refractivity contribution < 1.29 is 19.1 Å². The van der Waals surface area contributed by atoms with Crippen LogP contribution in [-0.2, 0) is 19.7 Å². The van der Waals surface area contributed by atoms with Gasteiger partial charge in [0.2, 0.25) is 5.91 Å². The van der Waals surface area contributed by atoms with Crippen molar-refractivity contribution >= 4 is 30.4 Å². The molecule has 2 heterocycles. The van der Waals surface area contributed by atoms with Crippen LogP contribution in [0.2, 0.25) is 0 Å². The van der Waals surface area contributed by atoms with Crippen molar-refractivity contribution in [3.05, 3.63) is 35.4 Å². The molecule has 170 valence electrons. The van der Waals surface area contributed by atoms with E-state index in [0.29, 0.717) is 51.1 Å². The Balaban J connectivity index is 1.67. The van der Waals surface area contributed by atoms with Crippen molar-refractivity contribution in [2.24, 2.45) is 5.92 Å². The normalized spacial score (nSPS) is 22.5. The van der Waals surface area contributed by atoms with Gasteiger partial charge in [0.15, 0.2) is 0 Å². The fraction of sp³-hybridized carbons (Fsp3) is 0.625. The number of thiol groups is 1. The Morgan fingerprint density at radius 3 is 2.26 bits per heavy atom. The molecule has 7 heteroatoms. The average molecular weight is 447 g/mol. The zero-order chi connectivity index (χ0) is 22.8. The first-order chi connectivity index (χ1) is 14.6. The Hall–Kier alpha value is -2.02. The maximum atomic E-state index is 13.3. The van der Waals surface area contributed by atoms with Gasteiger partial charge >= 0.3 is 5.97 Å². The minimum absolute atomic E-state index is 0.0135.